The first-order valence-electron chi connectivity index (χ1n) is 7.00. The molecule has 0 unspecified atom stereocenters. The Bertz CT molecular complexity index is 447. The van der Waals surface area contributed by atoms with Crippen LogP contribution in [-0.4, -0.2) is 43.4 Å². The molecule has 1 aliphatic heterocycles. The standard InChI is InChI=1S/C14H22N2O3S/c1-10(2)19-11-6-7-16(9-11)14-15-8-12(20-14)4-5-13(17)18-3/h8,10-11H,4-7,9H2,1-3H3/t11-/m0/s1. The fourth-order valence-corrected chi connectivity index (χ4v) is 3.23. The molecule has 1 atom stereocenters. The highest BCUT2D eigenvalue weighted by Crippen LogP contribution is 2.27. The number of anilines is 1. The van der Waals surface area contributed by atoms with E-state index in [-0.39, 0.29) is 12.1 Å². The van der Waals surface area contributed by atoms with Crippen LogP contribution < -0.4 is 4.90 Å². The lowest BCUT2D eigenvalue weighted by molar-refractivity contribution is -0.140. The van der Waals surface area contributed by atoms with Gasteiger partial charge in [-0.1, -0.05) is 0 Å². The largest absolute Gasteiger partial charge is 0.469 e. The number of carbonyl (C=O) groups is 1. The van der Waals surface area contributed by atoms with Crippen molar-refractivity contribution < 1.29 is 14.3 Å². The number of nitrogens with zero attached hydrogens (tertiary/aromatic N) is 2. The molecule has 1 fully saturated rings. The Labute approximate surface area is 123 Å². The zero-order chi connectivity index (χ0) is 14.5. The minimum atomic E-state index is -0.175. The highest BCUT2D eigenvalue weighted by Gasteiger charge is 2.25. The van der Waals surface area contributed by atoms with Gasteiger partial charge in [-0.15, -0.1) is 11.3 Å². The van der Waals surface area contributed by atoms with E-state index in [1.165, 1.54) is 7.11 Å². The van der Waals surface area contributed by atoms with Gasteiger partial charge >= 0.3 is 5.97 Å². The summed E-state index contributed by atoms with van der Waals surface area (Å²) in [5, 5.41) is 1.03. The third-order valence-electron chi connectivity index (χ3n) is 3.22. The first kappa shape index (κ1) is 15.3. The van der Waals surface area contributed by atoms with Crippen LogP contribution in [0.1, 0.15) is 31.6 Å². The summed E-state index contributed by atoms with van der Waals surface area (Å²) in [5.41, 5.74) is 0. The molecule has 0 bridgehead atoms. The van der Waals surface area contributed by atoms with E-state index in [2.05, 4.69) is 28.5 Å². The molecule has 1 saturated heterocycles. The van der Waals surface area contributed by atoms with Crippen LogP contribution in [0, 0.1) is 0 Å². The highest BCUT2D eigenvalue weighted by molar-refractivity contribution is 7.15. The second-order valence-corrected chi connectivity index (χ2v) is 6.32. The number of hydrogen-bond donors (Lipinski definition) is 0. The molecule has 0 aromatic carbocycles. The lowest BCUT2D eigenvalue weighted by Gasteiger charge is -2.16. The average Bonchev–Trinajstić information content (AvgIpc) is 3.03. The second-order valence-electron chi connectivity index (χ2n) is 5.23. The van der Waals surface area contributed by atoms with Crippen molar-refractivity contribution in [2.45, 2.75) is 45.3 Å². The van der Waals surface area contributed by atoms with Crippen LogP contribution in [-0.2, 0) is 20.7 Å². The van der Waals surface area contributed by atoms with E-state index in [0.29, 0.717) is 18.9 Å². The first-order chi connectivity index (χ1) is 9.58. The highest BCUT2D eigenvalue weighted by atomic mass is 32.1. The van der Waals surface area contributed by atoms with E-state index in [9.17, 15) is 4.79 Å². The monoisotopic (exact) mass is 298 g/mol. The van der Waals surface area contributed by atoms with Gasteiger partial charge in [0.2, 0.25) is 0 Å². The average molecular weight is 298 g/mol. The summed E-state index contributed by atoms with van der Waals surface area (Å²) >= 11 is 1.66. The van der Waals surface area contributed by atoms with Crippen LogP contribution in [0.3, 0.4) is 0 Å². The maximum atomic E-state index is 11.1. The van der Waals surface area contributed by atoms with E-state index in [4.69, 9.17) is 4.74 Å². The van der Waals surface area contributed by atoms with Crippen molar-refractivity contribution in [3.8, 4) is 0 Å². The zero-order valence-corrected chi connectivity index (χ0v) is 13.1. The smallest absolute Gasteiger partial charge is 0.305 e. The van der Waals surface area contributed by atoms with Gasteiger partial charge < -0.3 is 14.4 Å². The number of rotatable bonds is 6. The molecule has 6 heteroatoms. The maximum absolute atomic E-state index is 11.1. The number of ether oxygens (including phenoxy) is 2. The van der Waals surface area contributed by atoms with Crippen LogP contribution in [0.2, 0.25) is 0 Å². The molecule has 1 aromatic rings. The fourth-order valence-electron chi connectivity index (χ4n) is 2.28. The van der Waals surface area contributed by atoms with Gasteiger partial charge in [-0.3, -0.25) is 4.79 Å². The first-order valence-corrected chi connectivity index (χ1v) is 7.82. The molecule has 0 saturated carbocycles. The van der Waals surface area contributed by atoms with E-state index in [0.717, 1.165) is 29.5 Å². The van der Waals surface area contributed by atoms with Gasteiger partial charge in [0, 0.05) is 24.2 Å². The Morgan fingerprint density at radius 3 is 3.10 bits per heavy atom. The second kappa shape index (κ2) is 7.04. The van der Waals surface area contributed by atoms with Crippen LogP contribution in [0.5, 0.6) is 0 Å². The van der Waals surface area contributed by atoms with E-state index in [1.807, 2.05) is 6.20 Å². The molecular weight excluding hydrogens is 276 g/mol. The molecule has 0 amide bonds. The van der Waals surface area contributed by atoms with Crippen LogP contribution in [0.25, 0.3) is 0 Å². The lowest BCUT2D eigenvalue weighted by Crippen LogP contribution is -2.24. The molecule has 2 heterocycles. The molecule has 20 heavy (non-hydrogen) atoms. The summed E-state index contributed by atoms with van der Waals surface area (Å²) in [6.07, 6.45) is 4.60. The predicted molar refractivity (Wildman–Crippen MR) is 79.3 cm³/mol. The quantitative estimate of drug-likeness (QED) is 0.754. The van der Waals surface area contributed by atoms with Crippen LogP contribution >= 0.6 is 11.3 Å². The molecule has 1 aromatic heterocycles. The lowest BCUT2D eigenvalue weighted by atomic mass is 10.3. The van der Waals surface area contributed by atoms with Crippen LogP contribution in [0.4, 0.5) is 5.13 Å². The van der Waals surface area contributed by atoms with Crippen molar-refractivity contribution in [3.05, 3.63) is 11.1 Å². The number of aromatic nitrogens is 1. The van der Waals surface area contributed by atoms with Gasteiger partial charge in [0.25, 0.3) is 0 Å². The van der Waals surface area contributed by atoms with E-state index >= 15 is 0 Å². The summed E-state index contributed by atoms with van der Waals surface area (Å²) < 4.78 is 10.5. The topological polar surface area (TPSA) is 51.7 Å². The van der Waals surface area contributed by atoms with Crippen molar-refractivity contribution in [1.29, 1.82) is 0 Å². The molecule has 0 aliphatic carbocycles. The van der Waals surface area contributed by atoms with Crippen molar-refractivity contribution in [3.63, 3.8) is 0 Å². The number of methoxy groups -OCH3 is 1. The number of esters is 1. The molecule has 0 spiro atoms. The Kier molecular flexibility index (Phi) is 5.37. The molecule has 0 radical (unpaired) electrons. The summed E-state index contributed by atoms with van der Waals surface area (Å²) in [4.78, 5) is 19.0. The van der Waals surface area contributed by atoms with E-state index in [1.54, 1.807) is 11.3 Å². The van der Waals surface area contributed by atoms with Crippen molar-refractivity contribution >= 4 is 22.4 Å². The number of aryl methyl sites for hydroxylation is 1. The van der Waals surface area contributed by atoms with Gasteiger partial charge in [-0.25, -0.2) is 4.98 Å². The molecule has 1 aliphatic rings. The Hall–Kier alpha value is -1.14. The summed E-state index contributed by atoms with van der Waals surface area (Å²) in [7, 11) is 1.42. The third kappa shape index (κ3) is 4.18. The minimum Gasteiger partial charge on any atom is -0.469 e. The summed E-state index contributed by atoms with van der Waals surface area (Å²) in [5.74, 6) is -0.175. The van der Waals surface area contributed by atoms with E-state index < -0.39 is 0 Å². The zero-order valence-electron chi connectivity index (χ0n) is 12.3. The Morgan fingerprint density at radius 1 is 1.60 bits per heavy atom. The summed E-state index contributed by atoms with van der Waals surface area (Å²) in [6, 6.07) is 0. The summed E-state index contributed by atoms with van der Waals surface area (Å²) in [6.45, 7) is 6.03. The normalized spacial score (nSPS) is 18.8. The predicted octanol–water partition coefficient (Wildman–Crippen LogP) is 2.25. The Morgan fingerprint density at radius 2 is 2.40 bits per heavy atom. The third-order valence-corrected chi connectivity index (χ3v) is 4.34. The van der Waals surface area contributed by atoms with Gasteiger partial charge in [0.1, 0.15) is 0 Å². The minimum absolute atomic E-state index is 0.175. The van der Waals surface area contributed by atoms with Gasteiger partial charge in [-0.05, 0) is 26.7 Å². The van der Waals surface area contributed by atoms with Gasteiger partial charge in [-0.2, -0.15) is 0 Å². The van der Waals surface area contributed by atoms with Crippen molar-refractivity contribution in [2.24, 2.45) is 0 Å². The Balaban J connectivity index is 1.85. The van der Waals surface area contributed by atoms with Gasteiger partial charge in [0.05, 0.1) is 25.7 Å². The number of hydrogen-bond acceptors (Lipinski definition) is 6. The van der Waals surface area contributed by atoms with Gasteiger partial charge in [0.15, 0.2) is 5.13 Å². The fraction of sp³-hybridized carbons (Fsp3) is 0.714. The maximum Gasteiger partial charge on any atom is 0.305 e. The van der Waals surface area contributed by atoms with Crippen LogP contribution in [0.15, 0.2) is 6.20 Å². The molecular formula is C14H22N2O3S. The SMILES string of the molecule is COC(=O)CCc1cnc(N2CC[C@H](OC(C)C)C2)s1. The molecule has 2 rings (SSSR count). The molecule has 5 nitrogen and oxygen atoms in total. The molecule has 0 N–H and O–H groups in total. The van der Waals surface area contributed by atoms with Crippen molar-refractivity contribution in [2.75, 3.05) is 25.1 Å². The number of thiazole rings is 1. The van der Waals surface area contributed by atoms with Crippen molar-refractivity contribution in [1.82, 2.24) is 4.98 Å². The molecule has 112 valence electrons. The number of carbonyl (C=O) groups excluding carboxylic acids is 1.